The summed E-state index contributed by atoms with van der Waals surface area (Å²) in [5, 5.41) is 8.99. The molecule has 1 aromatic carbocycles. The van der Waals surface area contributed by atoms with Crippen molar-refractivity contribution < 1.29 is 17.9 Å². The zero-order valence-electron chi connectivity index (χ0n) is 9.57. The van der Waals surface area contributed by atoms with Crippen LogP contribution in [0.4, 0.5) is 10.1 Å². The summed E-state index contributed by atoms with van der Waals surface area (Å²) in [4.78, 5) is -0.251. The van der Waals surface area contributed by atoms with Crippen LogP contribution in [0.15, 0.2) is 17.0 Å². The average molecular weight is 262 g/mol. The molecule has 0 spiro atoms. The van der Waals surface area contributed by atoms with E-state index in [1.54, 1.807) is 0 Å². The standard InChI is InChI=1S/C10H15FN2O3S/c1-6(14)5-13-17(15,16)8-3-9(11)7(2)10(12)4-8/h3-4,6,13-14H,5,12H2,1-2H3. The summed E-state index contributed by atoms with van der Waals surface area (Å²) >= 11 is 0. The van der Waals surface area contributed by atoms with E-state index in [0.29, 0.717) is 0 Å². The number of sulfonamides is 1. The molecule has 1 aromatic rings. The lowest BCUT2D eigenvalue weighted by atomic mass is 10.2. The molecule has 4 N–H and O–H groups in total. The number of anilines is 1. The molecule has 0 saturated carbocycles. The second kappa shape index (κ2) is 4.99. The Morgan fingerprint density at radius 1 is 1.53 bits per heavy atom. The molecule has 1 atom stereocenters. The zero-order chi connectivity index (χ0) is 13.2. The second-order valence-corrected chi connectivity index (χ2v) is 5.59. The predicted molar refractivity (Wildman–Crippen MR) is 62.4 cm³/mol. The number of halogens is 1. The molecule has 1 rings (SSSR count). The molecule has 0 aliphatic carbocycles. The highest BCUT2D eigenvalue weighted by atomic mass is 32.2. The van der Waals surface area contributed by atoms with Crippen LogP contribution in [0.2, 0.25) is 0 Å². The van der Waals surface area contributed by atoms with Gasteiger partial charge >= 0.3 is 0 Å². The van der Waals surface area contributed by atoms with Gasteiger partial charge in [-0.15, -0.1) is 0 Å². The smallest absolute Gasteiger partial charge is 0.240 e. The number of aliphatic hydroxyl groups excluding tert-OH is 1. The first kappa shape index (κ1) is 13.9. The van der Waals surface area contributed by atoms with E-state index in [9.17, 15) is 12.8 Å². The number of nitrogens with two attached hydrogens (primary N) is 1. The Morgan fingerprint density at radius 3 is 2.59 bits per heavy atom. The van der Waals surface area contributed by atoms with E-state index < -0.39 is 21.9 Å². The van der Waals surface area contributed by atoms with Gasteiger partial charge in [0, 0.05) is 17.8 Å². The molecular weight excluding hydrogens is 247 g/mol. The monoisotopic (exact) mass is 262 g/mol. The van der Waals surface area contributed by atoms with Crippen LogP contribution < -0.4 is 10.5 Å². The Labute approximate surface area is 99.5 Å². The molecule has 0 aliphatic heterocycles. The van der Waals surface area contributed by atoms with Gasteiger partial charge in [-0.3, -0.25) is 0 Å². The summed E-state index contributed by atoms with van der Waals surface area (Å²) in [6.45, 7) is 2.76. The molecule has 0 heterocycles. The number of nitrogens with one attached hydrogen (secondary N) is 1. The lowest BCUT2D eigenvalue weighted by Crippen LogP contribution is -2.30. The van der Waals surface area contributed by atoms with Crippen LogP contribution in [0.25, 0.3) is 0 Å². The normalized spacial score (nSPS) is 13.6. The van der Waals surface area contributed by atoms with Gasteiger partial charge in [0.2, 0.25) is 10.0 Å². The van der Waals surface area contributed by atoms with Crippen molar-refractivity contribution in [1.29, 1.82) is 0 Å². The molecule has 0 bridgehead atoms. The third-order valence-electron chi connectivity index (χ3n) is 2.24. The molecule has 0 aliphatic rings. The van der Waals surface area contributed by atoms with Crippen molar-refractivity contribution >= 4 is 15.7 Å². The van der Waals surface area contributed by atoms with Crippen molar-refractivity contribution in [1.82, 2.24) is 4.72 Å². The minimum atomic E-state index is -3.85. The largest absolute Gasteiger partial charge is 0.398 e. The van der Waals surface area contributed by atoms with E-state index >= 15 is 0 Å². The Kier molecular flexibility index (Phi) is 4.07. The van der Waals surface area contributed by atoms with Crippen molar-refractivity contribution in [3.05, 3.63) is 23.5 Å². The lowest BCUT2D eigenvalue weighted by molar-refractivity contribution is 0.198. The van der Waals surface area contributed by atoms with E-state index in [1.165, 1.54) is 19.9 Å². The van der Waals surface area contributed by atoms with Crippen molar-refractivity contribution in [2.45, 2.75) is 24.8 Å². The van der Waals surface area contributed by atoms with Crippen LogP contribution in [-0.4, -0.2) is 26.2 Å². The molecule has 0 saturated heterocycles. The van der Waals surface area contributed by atoms with E-state index in [-0.39, 0.29) is 22.7 Å². The van der Waals surface area contributed by atoms with Gasteiger partial charge in [-0.05, 0) is 26.0 Å². The average Bonchev–Trinajstić information content (AvgIpc) is 2.22. The maximum atomic E-state index is 13.3. The first-order chi connectivity index (χ1) is 7.74. The molecule has 0 amide bonds. The van der Waals surface area contributed by atoms with E-state index in [4.69, 9.17) is 10.8 Å². The highest BCUT2D eigenvalue weighted by molar-refractivity contribution is 7.89. The predicted octanol–water partition coefficient (Wildman–Crippen LogP) is 0.375. The van der Waals surface area contributed by atoms with Crippen LogP contribution in [0.3, 0.4) is 0 Å². The number of hydrogen-bond acceptors (Lipinski definition) is 4. The fourth-order valence-electron chi connectivity index (χ4n) is 1.14. The number of nitrogen functional groups attached to an aromatic ring is 1. The van der Waals surface area contributed by atoms with Crippen molar-refractivity contribution in [2.75, 3.05) is 12.3 Å². The minimum absolute atomic E-state index is 0.0717. The maximum Gasteiger partial charge on any atom is 0.240 e. The van der Waals surface area contributed by atoms with Gasteiger partial charge in [-0.1, -0.05) is 0 Å². The van der Waals surface area contributed by atoms with Crippen molar-refractivity contribution in [2.24, 2.45) is 0 Å². The molecule has 1 unspecified atom stereocenters. The zero-order valence-corrected chi connectivity index (χ0v) is 10.4. The Hall–Kier alpha value is -1.18. The maximum absolute atomic E-state index is 13.3. The first-order valence-corrected chi connectivity index (χ1v) is 6.45. The second-order valence-electron chi connectivity index (χ2n) is 3.82. The first-order valence-electron chi connectivity index (χ1n) is 4.97. The molecule has 0 radical (unpaired) electrons. The third kappa shape index (κ3) is 3.39. The van der Waals surface area contributed by atoms with Crippen LogP contribution in [0.1, 0.15) is 12.5 Å². The molecular formula is C10H15FN2O3S. The Morgan fingerprint density at radius 2 is 2.12 bits per heavy atom. The SMILES string of the molecule is Cc1c(N)cc(S(=O)(=O)NCC(C)O)cc1F. The molecule has 96 valence electrons. The van der Waals surface area contributed by atoms with Crippen LogP contribution >= 0.6 is 0 Å². The summed E-state index contributed by atoms with van der Waals surface area (Å²) in [5.41, 5.74) is 5.77. The van der Waals surface area contributed by atoms with Gasteiger partial charge in [-0.25, -0.2) is 17.5 Å². The molecule has 0 fully saturated rings. The minimum Gasteiger partial charge on any atom is -0.398 e. The van der Waals surface area contributed by atoms with Crippen LogP contribution in [0.5, 0.6) is 0 Å². The van der Waals surface area contributed by atoms with Crippen LogP contribution in [0, 0.1) is 12.7 Å². The quantitative estimate of drug-likeness (QED) is 0.684. The van der Waals surface area contributed by atoms with E-state index in [0.717, 1.165) is 6.07 Å². The lowest BCUT2D eigenvalue weighted by Gasteiger charge is -2.10. The van der Waals surface area contributed by atoms with Gasteiger partial charge in [-0.2, -0.15) is 0 Å². The van der Waals surface area contributed by atoms with Gasteiger partial charge in [0.15, 0.2) is 0 Å². The van der Waals surface area contributed by atoms with Gasteiger partial charge < -0.3 is 10.8 Å². The molecule has 17 heavy (non-hydrogen) atoms. The Bertz CT molecular complexity index is 491. The fourth-order valence-corrected chi connectivity index (χ4v) is 2.31. The summed E-state index contributed by atoms with van der Waals surface area (Å²) in [6.07, 6.45) is -0.822. The van der Waals surface area contributed by atoms with Crippen molar-refractivity contribution in [3.8, 4) is 0 Å². The van der Waals surface area contributed by atoms with Crippen molar-refractivity contribution in [3.63, 3.8) is 0 Å². The van der Waals surface area contributed by atoms with E-state index in [2.05, 4.69) is 4.72 Å². The highest BCUT2D eigenvalue weighted by Gasteiger charge is 2.17. The molecule has 5 nitrogen and oxygen atoms in total. The summed E-state index contributed by atoms with van der Waals surface area (Å²) in [6, 6.07) is 2.08. The topological polar surface area (TPSA) is 92.4 Å². The van der Waals surface area contributed by atoms with E-state index in [1.807, 2.05) is 0 Å². The Balaban J connectivity index is 3.08. The summed E-state index contributed by atoms with van der Waals surface area (Å²) in [7, 11) is -3.85. The number of aliphatic hydroxyl groups is 1. The molecule has 0 aromatic heterocycles. The van der Waals surface area contributed by atoms with Gasteiger partial charge in [0.25, 0.3) is 0 Å². The van der Waals surface area contributed by atoms with Crippen LogP contribution in [-0.2, 0) is 10.0 Å². The molecule has 7 heteroatoms. The number of rotatable bonds is 4. The van der Waals surface area contributed by atoms with Gasteiger partial charge in [0.05, 0.1) is 11.0 Å². The number of hydrogen-bond donors (Lipinski definition) is 3. The fraction of sp³-hybridized carbons (Fsp3) is 0.400. The highest BCUT2D eigenvalue weighted by Crippen LogP contribution is 2.20. The number of benzene rings is 1. The summed E-state index contributed by atoms with van der Waals surface area (Å²) in [5.74, 6) is -0.678. The summed E-state index contributed by atoms with van der Waals surface area (Å²) < 4.78 is 38.9. The van der Waals surface area contributed by atoms with Gasteiger partial charge in [0.1, 0.15) is 5.82 Å². The third-order valence-corrected chi connectivity index (χ3v) is 3.64.